The molecule has 2 aliphatic rings. The first-order chi connectivity index (χ1) is 10.4. The maximum atomic E-state index is 5.46. The Morgan fingerprint density at radius 3 is 3.00 bits per heavy atom. The first-order valence-corrected chi connectivity index (χ1v) is 8.10. The molecule has 5 heteroatoms. The molecule has 1 unspecified atom stereocenters. The molecule has 116 valence electrons. The number of hydrogen-bond acceptors (Lipinski definition) is 5. The maximum absolute atomic E-state index is 5.46. The molecule has 0 amide bonds. The molecule has 1 N–H and O–H groups in total. The topological polar surface area (TPSA) is 40.6 Å². The van der Waals surface area contributed by atoms with Crippen LogP contribution < -0.4 is 10.2 Å². The van der Waals surface area contributed by atoms with Gasteiger partial charge in [0.05, 0.1) is 13.2 Å². The molecule has 0 aliphatic carbocycles. The fourth-order valence-corrected chi connectivity index (χ4v) is 3.29. The van der Waals surface area contributed by atoms with Gasteiger partial charge in [0, 0.05) is 50.5 Å². The molecule has 5 nitrogen and oxygen atoms in total. The van der Waals surface area contributed by atoms with Crippen LogP contribution in [0.3, 0.4) is 0 Å². The number of morpholine rings is 1. The van der Waals surface area contributed by atoms with E-state index >= 15 is 0 Å². The van der Waals surface area contributed by atoms with E-state index in [-0.39, 0.29) is 0 Å². The fourth-order valence-electron chi connectivity index (χ4n) is 3.29. The normalized spacial score (nSPS) is 23.7. The summed E-state index contributed by atoms with van der Waals surface area (Å²) in [4.78, 5) is 9.67. The van der Waals surface area contributed by atoms with Crippen molar-refractivity contribution in [1.29, 1.82) is 0 Å². The predicted molar refractivity (Wildman–Crippen MR) is 84.6 cm³/mol. The summed E-state index contributed by atoms with van der Waals surface area (Å²) in [5.74, 6) is 1.16. The lowest BCUT2D eigenvalue weighted by Crippen LogP contribution is -2.44. The number of nitrogens with one attached hydrogen (secondary N) is 1. The molecule has 3 rings (SSSR count). The Labute approximate surface area is 127 Å². The van der Waals surface area contributed by atoms with Gasteiger partial charge in [0.15, 0.2) is 0 Å². The van der Waals surface area contributed by atoms with E-state index in [1.165, 1.54) is 12.0 Å². The van der Waals surface area contributed by atoms with Crippen molar-refractivity contribution in [3.63, 3.8) is 0 Å². The molecule has 0 radical (unpaired) electrons. The largest absolute Gasteiger partial charge is 0.379 e. The highest BCUT2D eigenvalue weighted by Gasteiger charge is 2.30. The second kappa shape index (κ2) is 7.20. The molecule has 0 bridgehead atoms. The summed E-state index contributed by atoms with van der Waals surface area (Å²) >= 11 is 0. The average molecular weight is 290 g/mol. The van der Waals surface area contributed by atoms with Gasteiger partial charge in [-0.1, -0.05) is 13.0 Å². The number of hydrogen-bond donors (Lipinski definition) is 1. The molecule has 1 aromatic heterocycles. The number of aromatic nitrogens is 1. The van der Waals surface area contributed by atoms with Crippen molar-refractivity contribution in [3.8, 4) is 0 Å². The third-order valence-electron chi connectivity index (χ3n) is 4.46. The highest BCUT2D eigenvalue weighted by atomic mass is 16.5. The summed E-state index contributed by atoms with van der Waals surface area (Å²) in [5.41, 5.74) is 1.31. The molecule has 1 atom stereocenters. The lowest BCUT2D eigenvalue weighted by atomic mass is 10.2. The maximum Gasteiger partial charge on any atom is 0.133 e. The Morgan fingerprint density at radius 1 is 1.33 bits per heavy atom. The predicted octanol–water partition coefficient (Wildman–Crippen LogP) is 1.10. The molecule has 2 fully saturated rings. The summed E-state index contributed by atoms with van der Waals surface area (Å²) in [6, 6.07) is 4.88. The number of nitrogens with zero attached hydrogens (tertiary/aromatic N) is 3. The van der Waals surface area contributed by atoms with E-state index in [0.29, 0.717) is 6.04 Å². The van der Waals surface area contributed by atoms with Gasteiger partial charge < -0.3 is 15.0 Å². The fraction of sp³-hybridized carbons (Fsp3) is 0.688. The second-order valence-electron chi connectivity index (χ2n) is 5.80. The van der Waals surface area contributed by atoms with Gasteiger partial charge in [0.1, 0.15) is 5.82 Å². The summed E-state index contributed by atoms with van der Waals surface area (Å²) in [6.07, 6.45) is 3.14. The molecule has 1 aromatic rings. The standard InChI is InChI=1S/C16H26N4O/c1-2-17-12-14-4-3-6-18-16(14)20-7-5-15(13-20)19-8-10-21-11-9-19/h3-4,6,15,17H,2,5,7-13H2,1H3. The molecular formula is C16H26N4O. The zero-order valence-electron chi connectivity index (χ0n) is 12.9. The van der Waals surface area contributed by atoms with Crippen molar-refractivity contribution < 1.29 is 4.74 Å². The molecular weight excluding hydrogens is 264 g/mol. The Hall–Kier alpha value is -1.17. The second-order valence-corrected chi connectivity index (χ2v) is 5.80. The van der Waals surface area contributed by atoms with Gasteiger partial charge in [0.2, 0.25) is 0 Å². The SMILES string of the molecule is CCNCc1cccnc1N1CCC(N2CCOCC2)C1. The Morgan fingerprint density at radius 2 is 2.19 bits per heavy atom. The lowest BCUT2D eigenvalue weighted by molar-refractivity contribution is 0.0209. The van der Waals surface area contributed by atoms with Gasteiger partial charge in [-0.05, 0) is 19.0 Å². The third kappa shape index (κ3) is 3.54. The third-order valence-corrected chi connectivity index (χ3v) is 4.46. The van der Waals surface area contributed by atoms with Gasteiger partial charge in [-0.15, -0.1) is 0 Å². The van der Waals surface area contributed by atoms with Crippen LogP contribution in [0.4, 0.5) is 5.82 Å². The van der Waals surface area contributed by atoms with Crippen molar-refractivity contribution in [1.82, 2.24) is 15.2 Å². The van der Waals surface area contributed by atoms with E-state index in [2.05, 4.69) is 33.1 Å². The van der Waals surface area contributed by atoms with Crippen molar-refractivity contribution >= 4 is 5.82 Å². The van der Waals surface area contributed by atoms with E-state index in [0.717, 1.165) is 58.3 Å². The van der Waals surface area contributed by atoms with Gasteiger partial charge in [-0.25, -0.2) is 4.98 Å². The van der Waals surface area contributed by atoms with E-state index in [9.17, 15) is 0 Å². The van der Waals surface area contributed by atoms with E-state index in [4.69, 9.17) is 4.74 Å². The minimum atomic E-state index is 0.655. The highest BCUT2D eigenvalue weighted by molar-refractivity contribution is 5.48. The molecule has 2 saturated heterocycles. The van der Waals surface area contributed by atoms with Gasteiger partial charge in [-0.3, -0.25) is 4.90 Å². The summed E-state index contributed by atoms with van der Waals surface area (Å²) in [6.45, 7) is 10.1. The van der Waals surface area contributed by atoms with Crippen LogP contribution in [0, 0.1) is 0 Å². The van der Waals surface area contributed by atoms with Gasteiger partial charge in [-0.2, -0.15) is 0 Å². The Bertz CT molecular complexity index is 448. The minimum absolute atomic E-state index is 0.655. The van der Waals surface area contributed by atoms with E-state index in [1.54, 1.807) is 0 Å². The molecule has 3 heterocycles. The number of pyridine rings is 1. The Balaban J connectivity index is 1.65. The molecule has 0 spiro atoms. The van der Waals surface area contributed by atoms with Crippen molar-refractivity contribution in [2.45, 2.75) is 25.9 Å². The van der Waals surface area contributed by atoms with Crippen molar-refractivity contribution in [2.24, 2.45) is 0 Å². The van der Waals surface area contributed by atoms with Crippen molar-refractivity contribution in [2.75, 3.05) is 50.8 Å². The van der Waals surface area contributed by atoms with Gasteiger partial charge in [0.25, 0.3) is 0 Å². The summed E-state index contributed by atoms with van der Waals surface area (Å²) in [5, 5.41) is 3.41. The zero-order valence-corrected chi connectivity index (χ0v) is 12.9. The molecule has 0 aromatic carbocycles. The monoisotopic (exact) mass is 290 g/mol. The average Bonchev–Trinajstić information content (AvgIpc) is 3.04. The number of ether oxygens (including phenoxy) is 1. The van der Waals surface area contributed by atoms with Crippen molar-refractivity contribution in [3.05, 3.63) is 23.9 Å². The summed E-state index contributed by atoms with van der Waals surface area (Å²) < 4.78 is 5.46. The number of anilines is 1. The van der Waals surface area contributed by atoms with Crippen LogP contribution in [0.15, 0.2) is 18.3 Å². The van der Waals surface area contributed by atoms with Crippen LogP contribution in [-0.2, 0) is 11.3 Å². The van der Waals surface area contributed by atoms with Crippen LogP contribution in [0.2, 0.25) is 0 Å². The quantitative estimate of drug-likeness (QED) is 0.879. The summed E-state index contributed by atoms with van der Waals surface area (Å²) in [7, 11) is 0. The zero-order chi connectivity index (χ0) is 14.5. The minimum Gasteiger partial charge on any atom is -0.379 e. The molecule has 0 saturated carbocycles. The molecule has 21 heavy (non-hydrogen) atoms. The van der Waals surface area contributed by atoms with Crippen LogP contribution in [0.5, 0.6) is 0 Å². The van der Waals surface area contributed by atoms with E-state index in [1.807, 2.05) is 12.3 Å². The van der Waals surface area contributed by atoms with Crippen LogP contribution in [-0.4, -0.2) is 61.9 Å². The van der Waals surface area contributed by atoms with Crippen LogP contribution >= 0.6 is 0 Å². The smallest absolute Gasteiger partial charge is 0.133 e. The first kappa shape index (κ1) is 14.8. The van der Waals surface area contributed by atoms with Crippen LogP contribution in [0.25, 0.3) is 0 Å². The molecule has 2 aliphatic heterocycles. The first-order valence-electron chi connectivity index (χ1n) is 8.10. The van der Waals surface area contributed by atoms with Gasteiger partial charge >= 0.3 is 0 Å². The Kier molecular flexibility index (Phi) is 5.06. The highest BCUT2D eigenvalue weighted by Crippen LogP contribution is 2.24. The lowest BCUT2D eigenvalue weighted by Gasteiger charge is -2.32. The van der Waals surface area contributed by atoms with Crippen LogP contribution in [0.1, 0.15) is 18.9 Å². The van der Waals surface area contributed by atoms with E-state index < -0.39 is 0 Å². The number of rotatable bonds is 5.